The number of non-ortho nitro benzene ring substituents is 1. The van der Waals surface area contributed by atoms with Gasteiger partial charge < -0.3 is 9.72 Å². The lowest BCUT2D eigenvalue weighted by Gasteiger charge is -2.07. The molecule has 132 valence electrons. The number of benzene rings is 2. The maximum absolute atomic E-state index is 12.4. The molecule has 2 N–H and O–H groups in total. The Morgan fingerprint density at radius 3 is 2.65 bits per heavy atom. The van der Waals surface area contributed by atoms with E-state index >= 15 is 0 Å². The smallest absolute Gasteiger partial charge is 0.359 e. The van der Waals surface area contributed by atoms with Crippen molar-refractivity contribution in [1.29, 1.82) is 0 Å². The number of H-pyrrole nitrogens is 1. The molecule has 3 rings (SSSR count). The molecule has 0 spiro atoms. The van der Waals surface area contributed by atoms with Gasteiger partial charge in [-0.25, -0.2) is 4.79 Å². The number of nitrogens with zero attached hydrogens (tertiary/aromatic N) is 2. The van der Waals surface area contributed by atoms with Crippen LogP contribution in [0.5, 0.6) is 0 Å². The van der Waals surface area contributed by atoms with Crippen LogP contribution in [-0.4, -0.2) is 28.2 Å². The summed E-state index contributed by atoms with van der Waals surface area (Å²) in [6, 6.07) is 13.3. The summed E-state index contributed by atoms with van der Waals surface area (Å²) < 4.78 is 5.10. The molecule has 0 unspecified atom stereocenters. The highest BCUT2D eigenvalue weighted by Crippen LogP contribution is 2.20. The third-order valence-electron chi connectivity index (χ3n) is 3.69. The molecule has 0 aliphatic carbocycles. The van der Waals surface area contributed by atoms with E-state index in [0.717, 1.165) is 10.9 Å². The summed E-state index contributed by atoms with van der Waals surface area (Å²) in [4.78, 5) is 25.7. The van der Waals surface area contributed by atoms with Crippen LogP contribution in [0, 0.1) is 10.1 Å². The Morgan fingerprint density at radius 1 is 1.23 bits per heavy atom. The highest BCUT2D eigenvalue weighted by molar-refractivity contribution is 6.45. The molecule has 0 radical (unpaired) electrons. The fourth-order valence-electron chi connectivity index (χ4n) is 2.46. The Kier molecular flexibility index (Phi) is 4.93. The predicted octanol–water partition coefficient (Wildman–Crippen LogP) is 3.46. The molecule has 1 aromatic heterocycles. The van der Waals surface area contributed by atoms with Gasteiger partial charge in [0.2, 0.25) is 0 Å². The van der Waals surface area contributed by atoms with Crippen molar-refractivity contribution in [3.8, 4) is 0 Å². The first kappa shape index (κ1) is 17.2. The van der Waals surface area contributed by atoms with Gasteiger partial charge >= 0.3 is 5.97 Å². The summed E-state index contributed by atoms with van der Waals surface area (Å²) in [6.07, 6.45) is 1.69. The largest absolute Gasteiger partial charge is 0.461 e. The third-order valence-corrected chi connectivity index (χ3v) is 3.69. The lowest BCUT2D eigenvalue weighted by molar-refractivity contribution is -0.384. The lowest BCUT2D eigenvalue weighted by atomic mass is 10.1. The normalized spacial score (nSPS) is 11.3. The molecule has 0 aliphatic rings. The van der Waals surface area contributed by atoms with E-state index in [4.69, 9.17) is 4.74 Å². The van der Waals surface area contributed by atoms with Crippen molar-refractivity contribution in [2.45, 2.75) is 6.92 Å². The number of hydrogen-bond acceptors (Lipinski definition) is 6. The van der Waals surface area contributed by atoms with Gasteiger partial charge in [0.15, 0.2) is 5.71 Å². The highest BCUT2D eigenvalue weighted by atomic mass is 16.6. The van der Waals surface area contributed by atoms with Crippen molar-refractivity contribution < 1.29 is 14.5 Å². The molecule has 26 heavy (non-hydrogen) atoms. The van der Waals surface area contributed by atoms with Crippen LogP contribution < -0.4 is 5.43 Å². The van der Waals surface area contributed by atoms with E-state index in [1.54, 1.807) is 13.1 Å². The summed E-state index contributed by atoms with van der Waals surface area (Å²) in [5, 5.41) is 15.7. The van der Waals surface area contributed by atoms with Gasteiger partial charge in [0.25, 0.3) is 5.69 Å². The summed E-state index contributed by atoms with van der Waals surface area (Å²) in [5.41, 5.74) is 4.83. The molecular weight excluding hydrogens is 336 g/mol. The molecule has 0 atom stereocenters. The van der Waals surface area contributed by atoms with Crippen LogP contribution in [0.15, 0.2) is 59.8 Å². The topological polar surface area (TPSA) is 110 Å². The number of nitro groups is 1. The Morgan fingerprint density at radius 2 is 1.96 bits per heavy atom. The Labute approximate surface area is 148 Å². The molecule has 0 fully saturated rings. The maximum Gasteiger partial charge on any atom is 0.359 e. The number of nitro benzene ring substituents is 1. The van der Waals surface area contributed by atoms with E-state index in [0.29, 0.717) is 11.3 Å². The Balaban J connectivity index is 1.94. The Bertz CT molecular complexity index is 976. The van der Waals surface area contributed by atoms with Gasteiger partial charge in [0, 0.05) is 34.8 Å². The fraction of sp³-hybridized carbons (Fsp3) is 0.111. The van der Waals surface area contributed by atoms with Crippen LogP contribution in [0.2, 0.25) is 0 Å². The molecule has 0 saturated heterocycles. The van der Waals surface area contributed by atoms with Crippen molar-refractivity contribution in [2.75, 3.05) is 12.0 Å². The second-order valence-electron chi connectivity index (χ2n) is 5.34. The third kappa shape index (κ3) is 3.54. The van der Waals surface area contributed by atoms with E-state index in [2.05, 4.69) is 15.5 Å². The molecular formula is C18H16N4O4. The molecule has 0 amide bonds. The highest BCUT2D eigenvalue weighted by Gasteiger charge is 2.19. The monoisotopic (exact) mass is 352 g/mol. The summed E-state index contributed by atoms with van der Waals surface area (Å²) in [7, 11) is 0. The minimum atomic E-state index is -0.563. The number of carbonyl (C=O) groups is 1. The molecule has 8 nitrogen and oxygen atoms in total. The number of hydrogen-bond donors (Lipinski definition) is 2. The van der Waals surface area contributed by atoms with E-state index in [9.17, 15) is 14.9 Å². The van der Waals surface area contributed by atoms with Crippen molar-refractivity contribution in [3.05, 3.63) is 70.4 Å². The van der Waals surface area contributed by atoms with Crippen LogP contribution in [0.1, 0.15) is 12.5 Å². The van der Waals surface area contributed by atoms with Gasteiger partial charge in [-0.05, 0) is 25.1 Å². The standard InChI is InChI=1S/C18H16N4O4/c1-2-26-18(23)17(15-11-19-16-6-4-3-5-14(15)16)21-20-12-7-9-13(10-8-12)22(24)25/h3-11,19-20H,2H2,1H3/b21-17+. The number of para-hydroxylation sites is 1. The quantitative estimate of drug-likeness (QED) is 0.305. The number of aromatic nitrogens is 1. The van der Waals surface area contributed by atoms with Crippen molar-refractivity contribution in [1.82, 2.24) is 4.98 Å². The van der Waals surface area contributed by atoms with E-state index in [1.807, 2.05) is 24.3 Å². The number of nitrogens with one attached hydrogen (secondary N) is 2. The van der Waals surface area contributed by atoms with Gasteiger partial charge in [0.1, 0.15) is 0 Å². The number of esters is 1. The molecule has 0 aliphatic heterocycles. The van der Waals surface area contributed by atoms with Crippen molar-refractivity contribution in [2.24, 2.45) is 5.10 Å². The minimum Gasteiger partial charge on any atom is -0.461 e. The second kappa shape index (κ2) is 7.47. The molecule has 8 heteroatoms. The zero-order chi connectivity index (χ0) is 18.5. The van der Waals surface area contributed by atoms with Crippen LogP contribution in [0.3, 0.4) is 0 Å². The van der Waals surface area contributed by atoms with E-state index < -0.39 is 10.9 Å². The van der Waals surface area contributed by atoms with Gasteiger partial charge in [0.05, 0.1) is 17.2 Å². The van der Waals surface area contributed by atoms with Crippen molar-refractivity contribution in [3.63, 3.8) is 0 Å². The predicted molar refractivity (Wildman–Crippen MR) is 98.2 cm³/mol. The summed E-state index contributed by atoms with van der Waals surface area (Å²) in [5.74, 6) is -0.563. The Hall–Kier alpha value is -3.68. The van der Waals surface area contributed by atoms with Crippen molar-refractivity contribution >= 4 is 34.0 Å². The number of rotatable bonds is 6. The fourth-order valence-corrected chi connectivity index (χ4v) is 2.46. The summed E-state index contributed by atoms with van der Waals surface area (Å²) in [6.45, 7) is 1.94. The number of fused-ring (bicyclic) bond motifs is 1. The number of anilines is 1. The molecule has 0 bridgehead atoms. The number of carbonyl (C=O) groups excluding carboxylic acids is 1. The maximum atomic E-state index is 12.4. The first-order chi connectivity index (χ1) is 12.6. The van der Waals surface area contributed by atoms with Crippen LogP contribution >= 0.6 is 0 Å². The molecule has 1 heterocycles. The first-order valence-corrected chi connectivity index (χ1v) is 7.92. The first-order valence-electron chi connectivity index (χ1n) is 7.92. The lowest BCUT2D eigenvalue weighted by Crippen LogP contribution is -2.20. The number of hydrazone groups is 1. The summed E-state index contributed by atoms with van der Waals surface area (Å²) >= 11 is 0. The minimum absolute atomic E-state index is 0.0261. The molecule has 0 saturated carbocycles. The zero-order valence-corrected chi connectivity index (χ0v) is 13.9. The van der Waals surface area contributed by atoms with Gasteiger partial charge in [-0.1, -0.05) is 18.2 Å². The average Bonchev–Trinajstić information content (AvgIpc) is 3.07. The van der Waals surface area contributed by atoms with Crippen LogP contribution in [0.25, 0.3) is 10.9 Å². The average molecular weight is 352 g/mol. The zero-order valence-electron chi connectivity index (χ0n) is 13.9. The van der Waals surface area contributed by atoms with Crippen LogP contribution in [-0.2, 0) is 9.53 Å². The van der Waals surface area contributed by atoms with Gasteiger partial charge in [-0.15, -0.1) is 0 Å². The van der Waals surface area contributed by atoms with Crippen LogP contribution in [0.4, 0.5) is 11.4 Å². The van der Waals surface area contributed by atoms with E-state index in [-0.39, 0.29) is 18.0 Å². The number of aromatic amines is 1. The van der Waals surface area contributed by atoms with Gasteiger partial charge in [-0.3, -0.25) is 15.5 Å². The number of ether oxygens (including phenoxy) is 1. The molecule has 2 aromatic carbocycles. The van der Waals surface area contributed by atoms with Gasteiger partial charge in [-0.2, -0.15) is 5.10 Å². The second-order valence-corrected chi connectivity index (χ2v) is 5.34. The molecule has 3 aromatic rings. The van der Waals surface area contributed by atoms with E-state index in [1.165, 1.54) is 24.3 Å². The SMILES string of the molecule is CCOC(=O)/C(=N/Nc1ccc([N+](=O)[O-])cc1)c1c[nH]c2ccccc12.